The molecule has 0 aromatic rings. The molecular formula is C12H24N2O3S. The summed E-state index contributed by atoms with van der Waals surface area (Å²) in [5.74, 6) is 0.0928. The number of carbonyl (C=O) groups excluding carboxylic acids is 1. The number of rotatable bonds is 5. The largest absolute Gasteiger partial charge is 0.354 e. The van der Waals surface area contributed by atoms with E-state index < -0.39 is 9.84 Å². The summed E-state index contributed by atoms with van der Waals surface area (Å²) in [7, 11) is -2.99. The number of hydrogen-bond acceptors (Lipinski definition) is 4. The molecule has 1 unspecified atom stereocenters. The van der Waals surface area contributed by atoms with E-state index >= 15 is 0 Å². The molecule has 0 aliphatic carbocycles. The Morgan fingerprint density at radius 2 is 2.00 bits per heavy atom. The molecule has 1 amide bonds. The zero-order valence-electron chi connectivity index (χ0n) is 11.1. The van der Waals surface area contributed by atoms with Crippen molar-refractivity contribution in [2.24, 2.45) is 0 Å². The molecule has 106 valence electrons. The van der Waals surface area contributed by atoms with Crippen LogP contribution in [0.3, 0.4) is 0 Å². The van der Waals surface area contributed by atoms with Crippen LogP contribution in [0.25, 0.3) is 0 Å². The number of amides is 1. The summed E-state index contributed by atoms with van der Waals surface area (Å²) >= 11 is 0. The molecular weight excluding hydrogens is 252 g/mol. The van der Waals surface area contributed by atoms with Crippen LogP contribution in [-0.2, 0) is 14.6 Å². The molecule has 1 rings (SSSR count). The van der Waals surface area contributed by atoms with E-state index in [1.165, 1.54) is 12.8 Å². The lowest BCUT2D eigenvalue weighted by molar-refractivity contribution is -0.123. The van der Waals surface area contributed by atoms with Crippen LogP contribution < -0.4 is 10.6 Å². The van der Waals surface area contributed by atoms with Crippen LogP contribution in [0.15, 0.2) is 0 Å². The minimum Gasteiger partial charge on any atom is -0.354 e. The van der Waals surface area contributed by atoms with Gasteiger partial charge in [0.05, 0.1) is 11.8 Å². The lowest BCUT2D eigenvalue weighted by atomic mass is 10.0. The van der Waals surface area contributed by atoms with Crippen LogP contribution in [0.2, 0.25) is 0 Å². The van der Waals surface area contributed by atoms with Crippen LogP contribution in [-0.4, -0.2) is 45.0 Å². The van der Waals surface area contributed by atoms with Gasteiger partial charge in [0.25, 0.3) is 0 Å². The molecule has 0 bridgehead atoms. The van der Waals surface area contributed by atoms with Gasteiger partial charge >= 0.3 is 0 Å². The molecule has 0 aromatic heterocycles. The quantitative estimate of drug-likeness (QED) is 0.765. The van der Waals surface area contributed by atoms with Gasteiger partial charge in [-0.1, -0.05) is 26.2 Å². The molecule has 1 atom stereocenters. The minimum absolute atomic E-state index is 0.0297. The third-order valence-electron chi connectivity index (χ3n) is 3.28. The van der Waals surface area contributed by atoms with Gasteiger partial charge < -0.3 is 10.6 Å². The second-order valence-corrected chi connectivity index (χ2v) is 7.21. The standard InChI is InChI=1S/C12H24N2O3S/c1-2-18(16,17)10-9-14-12(15)11-7-5-3-4-6-8-13-11/h11,13H,2-10H2,1H3,(H,14,15). The molecule has 18 heavy (non-hydrogen) atoms. The molecule has 1 heterocycles. The Hall–Kier alpha value is -0.620. The Kier molecular flexibility index (Phi) is 6.63. The molecule has 5 nitrogen and oxygen atoms in total. The lowest BCUT2D eigenvalue weighted by Crippen LogP contribution is -2.46. The molecule has 1 fully saturated rings. The van der Waals surface area contributed by atoms with E-state index in [0.717, 1.165) is 25.8 Å². The molecule has 0 radical (unpaired) electrons. The van der Waals surface area contributed by atoms with E-state index in [2.05, 4.69) is 10.6 Å². The predicted molar refractivity (Wildman–Crippen MR) is 72.2 cm³/mol. The third-order valence-corrected chi connectivity index (χ3v) is 4.98. The van der Waals surface area contributed by atoms with E-state index in [9.17, 15) is 13.2 Å². The van der Waals surface area contributed by atoms with Gasteiger partial charge in [0.15, 0.2) is 9.84 Å². The molecule has 1 aliphatic heterocycles. The van der Waals surface area contributed by atoms with Crippen LogP contribution in [0, 0.1) is 0 Å². The fraction of sp³-hybridized carbons (Fsp3) is 0.917. The van der Waals surface area contributed by atoms with E-state index in [1.807, 2.05) is 0 Å². The predicted octanol–water partition coefficient (Wildman–Crippen LogP) is 0.460. The van der Waals surface area contributed by atoms with Gasteiger partial charge in [-0.15, -0.1) is 0 Å². The normalized spacial score (nSPS) is 21.9. The van der Waals surface area contributed by atoms with Gasteiger partial charge in [0, 0.05) is 12.3 Å². The van der Waals surface area contributed by atoms with Crippen molar-refractivity contribution in [1.29, 1.82) is 0 Å². The van der Waals surface area contributed by atoms with Gasteiger partial charge in [-0.3, -0.25) is 4.79 Å². The van der Waals surface area contributed by atoms with Crippen molar-refractivity contribution >= 4 is 15.7 Å². The van der Waals surface area contributed by atoms with Gasteiger partial charge in [-0.2, -0.15) is 0 Å². The third kappa shape index (κ3) is 5.82. The Balaban J connectivity index is 2.30. The van der Waals surface area contributed by atoms with Crippen LogP contribution in [0.4, 0.5) is 0 Å². The maximum atomic E-state index is 11.9. The maximum absolute atomic E-state index is 11.9. The SMILES string of the molecule is CCS(=O)(=O)CCNC(=O)C1CCCCCCN1. The van der Waals surface area contributed by atoms with Crippen molar-refractivity contribution in [2.45, 2.75) is 45.1 Å². The van der Waals surface area contributed by atoms with Crippen LogP contribution in [0.1, 0.15) is 39.0 Å². The van der Waals surface area contributed by atoms with Crippen molar-refractivity contribution in [3.8, 4) is 0 Å². The molecule has 2 N–H and O–H groups in total. The number of hydrogen-bond donors (Lipinski definition) is 2. The first-order valence-corrected chi connectivity index (χ1v) is 8.59. The average Bonchev–Trinajstić information content (AvgIpc) is 2.28. The van der Waals surface area contributed by atoms with Crippen molar-refractivity contribution in [1.82, 2.24) is 10.6 Å². The summed E-state index contributed by atoms with van der Waals surface area (Å²) in [5.41, 5.74) is 0. The highest BCUT2D eigenvalue weighted by atomic mass is 32.2. The van der Waals surface area contributed by atoms with Gasteiger partial charge in [0.2, 0.25) is 5.91 Å². The summed E-state index contributed by atoms with van der Waals surface area (Å²) in [4.78, 5) is 11.9. The van der Waals surface area contributed by atoms with Crippen molar-refractivity contribution in [3.63, 3.8) is 0 Å². The smallest absolute Gasteiger partial charge is 0.237 e. The Morgan fingerprint density at radius 3 is 2.72 bits per heavy atom. The first-order chi connectivity index (χ1) is 8.55. The number of sulfone groups is 1. The highest BCUT2D eigenvalue weighted by Gasteiger charge is 2.18. The second kappa shape index (κ2) is 7.74. The molecule has 1 saturated heterocycles. The topological polar surface area (TPSA) is 75.3 Å². The first kappa shape index (κ1) is 15.4. The summed E-state index contributed by atoms with van der Waals surface area (Å²) in [6.45, 7) is 2.70. The summed E-state index contributed by atoms with van der Waals surface area (Å²) in [6, 6.07) is -0.158. The average molecular weight is 276 g/mol. The highest BCUT2D eigenvalue weighted by molar-refractivity contribution is 7.91. The molecule has 0 spiro atoms. The minimum atomic E-state index is -2.99. The Morgan fingerprint density at radius 1 is 1.28 bits per heavy atom. The molecule has 6 heteroatoms. The van der Waals surface area contributed by atoms with Crippen LogP contribution in [0.5, 0.6) is 0 Å². The van der Waals surface area contributed by atoms with E-state index in [-0.39, 0.29) is 30.0 Å². The van der Waals surface area contributed by atoms with E-state index in [1.54, 1.807) is 6.92 Å². The van der Waals surface area contributed by atoms with Gasteiger partial charge in [-0.25, -0.2) is 8.42 Å². The second-order valence-electron chi connectivity index (χ2n) is 4.74. The number of nitrogens with one attached hydrogen (secondary N) is 2. The Labute approximate surface area is 110 Å². The van der Waals surface area contributed by atoms with Crippen molar-refractivity contribution in [2.75, 3.05) is 24.6 Å². The van der Waals surface area contributed by atoms with E-state index in [4.69, 9.17) is 0 Å². The maximum Gasteiger partial charge on any atom is 0.237 e. The zero-order chi connectivity index (χ0) is 13.4. The molecule has 1 aliphatic rings. The van der Waals surface area contributed by atoms with Crippen LogP contribution >= 0.6 is 0 Å². The Bertz CT molecular complexity index is 346. The van der Waals surface area contributed by atoms with Crippen molar-refractivity contribution < 1.29 is 13.2 Å². The molecule has 0 aromatic carbocycles. The van der Waals surface area contributed by atoms with Gasteiger partial charge in [-0.05, 0) is 19.4 Å². The van der Waals surface area contributed by atoms with Gasteiger partial charge in [0.1, 0.15) is 0 Å². The first-order valence-electron chi connectivity index (χ1n) is 6.76. The summed E-state index contributed by atoms with van der Waals surface area (Å²) < 4.78 is 22.6. The van der Waals surface area contributed by atoms with Crippen molar-refractivity contribution in [3.05, 3.63) is 0 Å². The zero-order valence-corrected chi connectivity index (χ0v) is 11.9. The highest BCUT2D eigenvalue weighted by Crippen LogP contribution is 2.09. The van der Waals surface area contributed by atoms with E-state index in [0.29, 0.717) is 0 Å². The molecule has 0 saturated carbocycles. The summed E-state index contributed by atoms with van der Waals surface area (Å²) in [5, 5.41) is 5.93. The number of carbonyl (C=O) groups is 1. The summed E-state index contributed by atoms with van der Waals surface area (Å²) in [6.07, 6.45) is 5.39. The lowest BCUT2D eigenvalue weighted by Gasteiger charge is -2.20. The fourth-order valence-electron chi connectivity index (χ4n) is 2.03. The fourth-order valence-corrected chi connectivity index (χ4v) is 2.73. The monoisotopic (exact) mass is 276 g/mol.